The zero-order valence-electron chi connectivity index (χ0n) is 12.8. The van der Waals surface area contributed by atoms with E-state index >= 15 is 0 Å². The lowest BCUT2D eigenvalue weighted by Crippen LogP contribution is -2.20. The van der Waals surface area contributed by atoms with Crippen LogP contribution in [0.15, 0.2) is 84.9 Å². The van der Waals surface area contributed by atoms with Gasteiger partial charge in [-0.05, 0) is 36.0 Å². The van der Waals surface area contributed by atoms with Crippen molar-refractivity contribution in [1.29, 1.82) is 0 Å². The highest BCUT2D eigenvalue weighted by Gasteiger charge is 2.16. The lowest BCUT2D eigenvalue weighted by Gasteiger charge is -2.19. The molecule has 0 N–H and O–H groups in total. The minimum atomic E-state index is -0.619. The Morgan fingerprint density at radius 1 is 0.696 bits per heavy atom. The van der Waals surface area contributed by atoms with E-state index in [-0.39, 0.29) is 5.97 Å². The normalized spacial score (nSPS) is 10.5. The van der Waals surface area contributed by atoms with Crippen LogP contribution in [0.5, 0.6) is 5.75 Å². The molecule has 0 aliphatic heterocycles. The predicted molar refractivity (Wildman–Crippen MR) is 96.5 cm³/mol. The molecule has 0 atom stereocenters. The van der Waals surface area contributed by atoms with Crippen molar-refractivity contribution >= 4 is 29.8 Å². The number of benzene rings is 3. The van der Waals surface area contributed by atoms with Gasteiger partial charge in [0.1, 0.15) is 5.75 Å². The minimum absolute atomic E-state index is 0.300. The fraction of sp³-hybridized carbons (Fsp3) is 0.0500. The summed E-state index contributed by atoms with van der Waals surface area (Å²) in [6.07, 6.45) is 0. The van der Waals surface area contributed by atoms with Gasteiger partial charge in [-0.25, -0.2) is 0 Å². The third-order valence-corrected chi connectivity index (χ3v) is 5.83. The van der Waals surface area contributed by atoms with Crippen molar-refractivity contribution in [2.75, 3.05) is 0 Å². The Kier molecular flexibility index (Phi) is 4.85. The first-order valence-electron chi connectivity index (χ1n) is 7.43. The second kappa shape index (κ2) is 7.21. The summed E-state index contributed by atoms with van der Waals surface area (Å²) in [4.78, 5) is 11.1. The van der Waals surface area contributed by atoms with Gasteiger partial charge in [-0.3, -0.25) is 4.79 Å². The van der Waals surface area contributed by atoms with Crippen molar-refractivity contribution in [2.24, 2.45) is 0 Å². The molecule has 0 aliphatic carbocycles. The first kappa shape index (κ1) is 15.5. The van der Waals surface area contributed by atoms with E-state index < -0.39 is 7.92 Å². The SMILES string of the molecule is CC(=O)Oc1ccc(P(c2ccccc2)c2ccccc2)cc1. The van der Waals surface area contributed by atoms with Crippen LogP contribution in [-0.2, 0) is 4.79 Å². The van der Waals surface area contributed by atoms with Crippen LogP contribution in [-0.4, -0.2) is 5.97 Å². The molecular formula is C20H17O2P. The first-order valence-corrected chi connectivity index (χ1v) is 8.77. The van der Waals surface area contributed by atoms with E-state index in [1.165, 1.54) is 22.8 Å². The van der Waals surface area contributed by atoms with E-state index in [9.17, 15) is 4.79 Å². The van der Waals surface area contributed by atoms with Gasteiger partial charge < -0.3 is 4.74 Å². The Hall–Kier alpha value is -2.44. The topological polar surface area (TPSA) is 26.3 Å². The van der Waals surface area contributed by atoms with Crippen molar-refractivity contribution in [3.63, 3.8) is 0 Å². The summed E-state index contributed by atoms with van der Waals surface area (Å²) in [6.45, 7) is 1.41. The van der Waals surface area contributed by atoms with Crippen molar-refractivity contribution in [2.45, 2.75) is 6.92 Å². The Labute approximate surface area is 137 Å². The van der Waals surface area contributed by atoms with E-state index in [1.54, 1.807) is 0 Å². The number of carbonyl (C=O) groups excluding carboxylic acids is 1. The number of esters is 1. The molecule has 0 spiro atoms. The van der Waals surface area contributed by atoms with Crippen LogP contribution in [0.2, 0.25) is 0 Å². The minimum Gasteiger partial charge on any atom is -0.427 e. The second-order valence-electron chi connectivity index (χ2n) is 5.09. The third-order valence-electron chi connectivity index (χ3n) is 3.39. The zero-order chi connectivity index (χ0) is 16.1. The Morgan fingerprint density at radius 3 is 1.57 bits per heavy atom. The third kappa shape index (κ3) is 3.85. The average molecular weight is 320 g/mol. The summed E-state index contributed by atoms with van der Waals surface area (Å²) < 4.78 is 5.13. The van der Waals surface area contributed by atoms with E-state index in [1.807, 2.05) is 36.4 Å². The summed E-state index contributed by atoms with van der Waals surface area (Å²) in [5.74, 6) is 0.281. The molecule has 0 saturated carbocycles. The predicted octanol–water partition coefficient (Wildman–Crippen LogP) is 3.37. The molecule has 114 valence electrons. The monoisotopic (exact) mass is 320 g/mol. The average Bonchev–Trinajstić information content (AvgIpc) is 2.58. The van der Waals surface area contributed by atoms with E-state index in [0.29, 0.717) is 5.75 Å². The highest BCUT2D eigenvalue weighted by atomic mass is 31.1. The summed E-state index contributed by atoms with van der Waals surface area (Å²) in [6, 6.07) is 28.8. The maximum Gasteiger partial charge on any atom is 0.308 e. The molecule has 2 nitrogen and oxygen atoms in total. The van der Waals surface area contributed by atoms with Crippen molar-refractivity contribution in [3.05, 3.63) is 84.9 Å². The molecule has 3 rings (SSSR count). The van der Waals surface area contributed by atoms with Crippen LogP contribution in [0, 0.1) is 0 Å². The number of hydrogen-bond donors (Lipinski definition) is 0. The molecule has 0 bridgehead atoms. The van der Waals surface area contributed by atoms with Crippen LogP contribution in [0.25, 0.3) is 0 Å². The number of rotatable bonds is 4. The molecule has 0 aliphatic rings. The molecule has 0 unspecified atom stereocenters. The summed E-state index contributed by atoms with van der Waals surface area (Å²) in [5, 5.41) is 3.83. The summed E-state index contributed by atoms with van der Waals surface area (Å²) >= 11 is 0. The molecule has 0 aromatic heterocycles. The van der Waals surface area contributed by atoms with Crippen LogP contribution >= 0.6 is 7.92 Å². The fourth-order valence-electron chi connectivity index (χ4n) is 2.43. The van der Waals surface area contributed by atoms with Crippen molar-refractivity contribution in [1.82, 2.24) is 0 Å². The van der Waals surface area contributed by atoms with E-state index in [2.05, 4.69) is 48.5 Å². The number of ether oxygens (including phenoxy) is 1. The smallest absolute Gasteiger partial charge is 0.308 e. The van der Waals surface area contributed by atoms with Gasteiger partial charge in [0.15, 0.2) is 0 Å². The number of carbonyl (C=O) groups is 1. The molecule has 3 aromatic rings. The van der Waals surface area contributed by atoms with Gasteiger partial charge in [-0.2, -0.15) is 0 Å². The largest absolute Gasteiger partial charge is 0.427 e. The standard InChI is InChI=1S/C20H17O2P/c1-16(21)22-17-12-14-20(15-13-17)23(18-8-4-2-5-9-18)19-10-6-3-7-11-19/h2-15H,1H3. The van der Waals surface area contributed by atoms with Crippen molar-refractivity contribution in [3.8, 4) is 5.75 Å². The van der Waals surface area contributed by atoms with Gasteiger partial charge >= 0.3 is 5.97 Å². The van der Waals surface area contributed by atoms with Crippen LogP contribution in [0.1, 0.15) is 6.92 Å². The lowest BCUT2D eigenvalue weighted by molar-refractivity contribution is -0.131. The zero-order valence-corrected chi connectivity index (χ0v) is 13.7. The lowest BCUT2D eigenvalue weighted by atomic mass is 10.3. The summed E-state index contributed by atoms with van der Waals surface area (Å²) in [7, 11) is -0.619. The number of hydrogen-bond acceptors (Lipinski definition) is 2. The second-order valence-corrected chi connectivity index (χ2v) is 7.31. The Morgan fingerprint density at radius 2 is 1.13 bits per heavy atom. The molecule has 0 fully saturated rings. The van der Waals surface area contributed by atoms with Crippen LogP contribution < -0.4 is 20.7 Å². The maximum absolute atomic E-state index is 11.1. The van der Waals surface area contributed by atoms with Gasteiger partial charge in [0.25, 0.3) is 0 Å². The van der Waals surface area contributed by atoms with Gasteiger partial charge in [0, 0.05) is 6.92 Å². The van der Waals surface area contributed by atoms with Crippen LogP contribution in [0.4, 0.5) is 0 Å². The highest BCUT2D eigenvalue weighted by molar-refractivity contribution is 7.79. The molecule has 0 radical (unpaired) electrons. The first-order chi connectivity index (χ1) is 11.2. The molecular weight excluding hydrogens is 303 g/mol. The highest BCUT2D eigenvalue weighted by Crippen LogP contribution is 2.33. The fourth-order valence-corrected chi connectivity index (χ4v) is 4.71. The summed E-state index contributed by atoms with van der Waals surface area (Å²) in [5.41, 5.74) is 0. The quantitative estimate of drug-likeness (QED) is 0.418. The molecule has 0 saturated heterocycles. The van der Waals surface area contributed by atoms with Gasteiger partial charge in [0.05, 0.1) is 0 Å². The van der Waals surface area contributed by atoms with Crippen molar-refractivity contribution < 1.29 is 9.53 Å². The van der Waals surface area contributed by atoms with E-state index in [0.717, 1.165) is 0 Å². The van der Waals surface area contributed by atoms with Crippen LogP contribution in [0.3, 0.4) is 0 Å². The Balaban J connectivity index is 2.00. The maximum atomic E-state index is 11.1. The molecule has 3 heteroatoms. The Bertz CT molecular complexity index is 728. The molecule has 23 heavy (non-hydrogen) atoms. The van der Waals surface area contributed by atoms with Gasteiger partial charge in [0.2, 0.25) is 0 Å². The molecule has 0 amide bonds. The molecule has 0 heterocycles. The van der Waals surface area contributed by atoms with Gasteiger partial charge in [-0.15, -0.1) is 0 Å². The van der Waals surface area contributed by atoms with Gasteiger partial charge in [-0.1, -0.05) is 72.8 Å². The molecule has 3 aromatic carbocycles. The van der Waals surface area contributed by atoms with E-state index in [4.69, 9.17) is 4.74 Å².